The fourth-order valence-corrected chi connectivity index (χ4v) is 3.76. The van der Waals surface area contributed by atoms with Crippen molar-refractivity contribution in [1.29, 1.82) is 0 Å². The first-order valence-electron chi connectivity index (χ1n) is 9.51. The number of rotatable bonds is 7. The van der Waals surface area contributed by atoms with Gasteiger partial charge < -0.3 is 14.9 Å². The average molecular weight is 364 g/mol. The molecule has 142 valence electrons. The summed E-state index contributed by atoms with van der Waals surface area (Å²) in [6.45, 7) is 4.15. The molecule has 3 nitrogen and oxygen atoms in total. The molecule has 0 spiro atoms. The second kappa shape index (κ2) is 8.45. The molecule has 3 heteroatoms. The van der Waals surface area contributed by atoms with Crippen LogP contribution in [0.5, 0.6) is 11.5 Å². The summed E-state index contributed by atoms with van der Waals surface area (Å²) in [4.78, 5) is 0. The van der Waals surface area contributed by atoms with Crippen molar-refractivity contribution in [3.63, 3.8) is 0 Å². The van der Waals surface area contributed by atoms with E-state index in [1.807, 2.05) is 25.1 Å². The van der Waals surface area contributed by atoms with E-state index < -0.39 is 6.10 Å². The van der Waals surface area contributed by atoms with Gasteiger partial charge in [-0.3, -0.25) is 0 Å². The number of phenols is 1. The van der Waals surface area contributed by atoms with Gasteiger partial charge in [-0.2, -0.15) is 0 Å². The third-order valence-corrected chi connectivity index (χ3v) is 5.16. The highest BCUT2D eigenvalue weighted by Crippen LogP contribution is 2.31. The lowest BCUT2D eigenvalue weighted by atomic mass is 9.91. The molecule has 0 heterocycles. The number of aliphatic hydroxyl groups excluding tert-OH is 1. The summed E-state index contributed by atoms with van der Waals surface area (Å²) in [6, 6.07) is 17.8. The molecule has 0 aliphatic carbocycles. The van der Waals surface area contributed by atoms with Gasteiger partial charge in [0.1, 0.15) is 11.5 Å². The van der Waals surface area contributed by atoms with Crippen molar-refractivity contribution in [2.45, 2.75) is 39.2 Å². The molecule has 0 aliphatic heterocycles. The van der Waals surface area contributed by atoms with Crippen LogP contribution in [0.3, 0.4) is 0 Å². The molecular formula is C24H28O3. The smallest absolute Gasteiger partial charge is 0.126 e. The largest absolute Gasteiger partial charge is 0.508 e. The molecule has 0 aromatic heterocycles. The zero-order valence-electron chi connectivity index (χ0n) is 16.3. The van der Waals surface area contributed by atoms with Crippen molar-refractivity contribution in [1.82, 2.24) is 0 Å². The van der Waals surface area contributed by atoms with Crippen LogP contribution in [0.4, 0.5) is 0 Å². The van der Waals surface area contributed by atoms with Crippen LogP contribution in [-0.2, 0) is 6.42 Å². The maximum atomic E-state index is 10.5. The Morgan fingerprint density at radius 3 is 2.41 bits per heavy atom. The molecule has 3 aromatic rings. The van der Waals surface area contributed by atoms with Crippen molar-refractivity contribution < 1.29 is 14.9 Å². The van der Waals surface area contributed by atoms with Crippen LogP contribution in [0.1, 0.15) is 42.6 Å². The van der Waals surface area contributed by atoms with Crippen LogP contribution >= 0.6 is 0 Å². The van der Waals surface area contributed by atoms with E-state index in [-0.39, 0.29) is 5.75 Å². The quantitative estimate of drug-likeness (QED) is 0.577. The van der Waals surface area contributed by atoms with Crippen LogP contribution in [0.25, 0.3) is 10.8 Å². The predicted molar refractivity (Wildman–Crippen MR) is 110 cm³/mol. The third-order valence-electron chi connectivity index (χ3n) is 5.16. The Balaban J connectivity index is 1.67. The van der Waals surface area contributed by atoms with E-state index in [0.717, 1.165) is 35.1 Å². The summed E-state index contributed by atoms with van der Waals surface area (Å²) in [5.41, 5.74) is 3.05. The first-order chi connectivity index (χ1) is 13.0. The van der Waals surface area contributed by atoms with E-state index in [0.29, 0.717) is 12.3 Å². The van der Waals surface area contributed by atoms with Gasteiger partial charge in [0.15, 0.2) is 0 Å². The molecule has 2 atom stereocenters. The first-order valence-corrected chi connectivity index (χ1v) is 9.51. The number of hydrogen-bond donors (Lipinski definition) is 2. The summed E-state index contributed by atoms with van der Waals surface area (Å²) < 4.78 is 5.48. The molecule has 0 amide bonds. The minimum atomic E-state index is -0.550. The van der Waals surface area contributed by atoms with E-state index in [1.54, 1.807) is 19.2 Å². The van der Waals surface area contributed by atoms with Gasteiger partial charge in [-0.05, 0) is 72.4 Å². The summed E-state index contributed by atoms with van der Waals surface area (Å²) in [7, 11) is 1.70. The molecule has 0 radical (unpaired) electrons. The molecule has 2 N–H and O–H groups in total. The van der Waals surface area contributed by atoms with Gasteiger partial charge in [0.25, 0.3) is 0 Å². The highest BCUT2D eigenvalue weighted by atomic mass is 16.5. The lowest BCUT2D eigenvalue weighted by Crippen LogP contribution is -2.05. The van der Waals surface area contributed by atoms with Crippen LogP contribution in [0.2, 0.25) is 0 Å². The summed E-state index contributed by atoms with van der Waals surface area (Å²) in [5, 5.41) is 22.6. The van der Waals surface area contributed by atoms with E-state index in [1.165, 1.54) is 10.9 Å². The third kappa shape index (κ3) is 4.61. The molecule has 3 rings (SSSR count). The number of aliphatic hydroxyl groups is 1. The Kier molecular flexibility index (Phi) is 6.02. The van der Waals surface area contributed by atoms with Gasteiger partial charge in [0.05, 0.1) is 13.2 Å². The molecule has 0 unspecified atom stereocenters. The molecule has 0 saturated heterocycles. The van der Waals surface area contributed by atoms with Crippen LogP contribution < -0.4 is 4.74 Å². The molecule has 27 heavy (non-hydrogen) atoms. The van der Waals surface area contributed by atoms with Crippen molar-refractivity contribution >= 4 is 10.8 Å². The SMILES string of the molecule is COc1ccc(C[C@@H](C)CC[C@H](O)c2cc(C)cc(O)c2)c2ccccc12. The Hall–Kier alpha value is -2.52. The number of benzene rings is 3. The van der Waals surface area contributed by atoms with Crippen molar-refractivity contribution in [2.24, 2.45) is 5.92 Å². The second-order valence-corrected chi connectivity index (χ2v) is 7.48. The molecular weight excluding hydrogens is 336 g/mol. The van der Waals surface area contributed by atoms with E-state index in [2.05, 4.69) is 31.2 Å². The lowest BCUT2D eigenvalue weighted by Gasteiger charge is -2.17. The van der Waals surface area contributed by atoms with Gasteiger partial charge >= 0.3 is 0 Å². The topological polar surface area (TPSA) is 49.7 Å². The Morgan fingerprint density at radius 1 is 0.963 bits per heavy atom. The molecule has 3 aromatic carbocycles. The number of hydrogen-bond acceptors (Lipinski definition) is 3. The maximum absolute atomic E-state index is 10.5. The number of aromatic hydroxyl groups is 1. The lowest BCUT2D eigenvalue weighted by molar-refractivity contribution is 0.157. The van der Waals surface area contributed by atoms with E-state index in [4.69, 9.17) is 4.74 Å². The molecule has 0 saturated carbocycles. The minimum absolute atomic E-state index is 0.210. The zero-order valence-corrected chi connectivity index (χ0v) is 16.3. The number of aryl methyl sites for hydroxylation is 1. The minimum Gasteiger partial charge on any atom is -0.508 e. The zero-order chi connectivity index (χ0) is 19.4. The fraction of sp³-hybridized carbons (Fsp3) is 0.333. The number of fused-ring (bicyclic) bond motifs is 1. The fourth-order valence-electron chi connectivity index (χ4n) is 3.76. The van der Waals surface area contributed by atoms with Crippen LogP contribution in [0.15, 0.2) is 54.6 Å². The monoisotopic (exact) mass is 364 g/mol. The van der Waals surface area contributed by atoms with Gasteiger partial charge in [-0.25, -0.2) is 0 Å². The van der Waals surface area contributed by atoms with Gasteiger partial charge in [-0.1, -0.05) is 43.3 Å². The van der Waals surface area contributed by atoms with Crippen LogP contribution in [0, 0.1) is 12.8 Å². The summed E-state index contributed by atoms with van der Waals surface area (Å²) in [6.07, 6.45) is 2.00. The Morgan fingerprint density at radius 2 is 1.70 bits per heavy atom. The van der Waals surface area contributed by atoms with Crippen molar-refractivity contribution in [3.05, 3.63) is 71.3 Å². The normalized spacial score (nSPS) is 13.5. The molecule has 0 fully saturated rings. The maximum Gasteiger partial charge on any atom is 0.126 e. The van der Waals surface area contributed by atoms with Crippen LogP contribution in [-0.4, -0.2) is 17.3 Å². The van der Waals surface area contributed by atoms with Gasteiger partial charge in [0.2, 0.25) is 0 Å². The first kappa shape index (κ1) is 19.2. The highest BCUT2D eigenvalue weighted by molar-refractivity contribution is 5.91. The summed E-state index contributed by atoms with van der Waals surface area (Å²) >= 11 is 0. The number of phenolic OH excluding ortho intramolecular Hbond substituents is 1. The highest BCUT2D eigenvalue weighted by Gasteiger charge is 2.14. The van der Waals surface area contributed by atoms with Gasteiger partial charge in [0, 0.05) is 5.39 Å². The Bertz CT molecular complexity index is 896. The Labute approximate surface area is 161 Å². The van der Waals surface area contributed by atoms with Gasteiger partial charge in [-0.15, -0.1) is 0 Å². The molecule has 0 bridgehead atoms. The van der Waals surface area contributed by atoms with E-state index >= 15 is 0 Å². The summed E-state index contributed by atoms with van der Waals surface area (Å²) in [5.74, 6) is 1.55. The standard InChI is InChI=1S/C24H28O3/c1-16(8-10-23(26)19-13-17(2)14-20(25)15-19)12-18-9-11-24(27-3)22-7-5-4-6-21(18)22/h4-7,9,11,13-16,23,25-26H,8,10,12H2,1-3H3/t16-,23-/m0/s1. The predicted octanol–water partition coefficient (Wildman–Crippen LogP) is 5.55. The second-order valence-electron chi connectivity index (χ2n) is 7.48. The molecule has 0 aliphatic rings. The average Bonchev–Trinajstić information content (AvgIpc) is 2.65. The number of ether oxygens (including phenoxy) is 1. The number of methoxy groups -OCH3 is 1. The van der Waals surface area contributed by atoms with Crippen molar-refractivity contribution in [3.8, 4) is 11.5 Å². The van der Waals surface area contributed by atoms with E-state index in [9.17, 15) is 10.2 Å². The van der Waals surface area contributed by atoms with Crippen molar-refractivity contribution in [2.75, 3.05) is 7.11 Å².